The fourth-order valence-electron chi connectivity index (χ4n) is 4.00. The van der Waals surface area contributed by atoms with E-state index in [4.69, 9.17) is 4.74 Å². The number of rotatable bonds is 4. The van der Waals surface area contributed by atoms with Crippen LogP contribution in [0.2, 0.25) is 0 Å². The largest absolute Gasteiger partial charge is 0.467 e. The van der Waals surface area contributed by atoms with Gasteiger partial charge in [-0.1, -0.05) is 11.3 Å². The van der Waals surface area contributed by atoms with Crippen LogP contribution in [0.15, 0.2) is 28.4 Å². The van der Waals surface area contributed by atoms with Gasteiger partial charge in [-0.2, -0.15) is 5.10 Å². The second kappa shape index (κ2) is 6.51. The maximum absolute atomic E-state index is 13.6. The lowest BCUT2D eigenvalue weighted by atomic mass is 9.89. The van der Waals surface area contributed by atoms with Crippen molar-refractivity contribution in [2.45, 2.75) is 50.8 Å². The van der Waals surface area contributed by atoms with Crippen LogP contribution in [-0.4, -0.2) is 25.4 Å². The lowest BCUT2D eigenvalue weighted by molar-refractivity contribution is 0.0620. The highest BCUT2D eigenvalue weighted by Crippen LogP contribution is 2.36. The van der Waals surface area contributed by atoms with Gasteiger partial charge in [0, 0.05) is 30.7 Å². The van der Waals surface area contributed by atoms with Gasteiger partial charge in [0.2, 0.25) is 0 Å². The molecule has 1 aliphatic carbocycles. The summed E-state index contributed by atoms with van der Waals surface area (Å²) in [4.78, 5) is 17.2. The summed E-state index contributed by atoms with van der Waals surface area (Å²) < 4.78 is 36.1. The molecule has 1 fully saturated rings. The molecule has 0 saturated heterocycles. The molecule has 1 saturated carbocycles. The first kappa shape index (κ1) is 17.5. The predicted octanol–water partition coefficient (Wildman–Crippen LogP) is 3.41. The summed E-state index contributed by atoms with van der Waals surface area (Å²) in [6, 6.07) is 3.00. The fourth-order valence-corrected chi connectivity index (χ4v) is 4.71. The van der Waals surface area contributed by atoms with Gasteiger partial charge >= 0.3 is 5.69 Å². The predicted molar refractivity (Wildman–Crippen MR) is 98.8 cm³/mol. The zero-order valence-electron chi connectivity index (χ0n) is 15.1. The summed E-state index contributed by atoms with van der Waals surface area (Å²) >= 11 is 1.46. The molecular weight excluding hydrogens is 386 g/mol. The van der Waals surface area contributed by atoms with Crippen molar-refractivity contribution in [1.29, 1.82) is 0 Å². The van der Waals surface area contributed by atoms with E-state index < -0.39 is 11.6 Å². The van der Waals surface area contributed by atoms with Gasteiger partial charge in [0.25, 0.3) is 5.19 Å². The molecule has 2 aliphatic rings. The van der Waals surface area contributed by atoms with E-state index >= 15 is 0 Å². The zero-order valence-corrected chi connectivity index (χ0v) is 16.0. The van der Waals surface area contributed by atoms with Crippen LogP contribution in [0.4, 0.5) is 8.78 Å². The molecule has 28 heavy (non-hydrogen) atoms. The minimum atomic E-state index is -0.639. The summed E-state index contributed by atoms with van der Waals surface area (Å²) in [7, 11) is 0. The van der Waals surface area contributed by atoms with E-state index in [-0.39, 0.29) is 23.9 Å². The molecule has 1 aliphatic heterocycles. The molecular formula is C19H18F2N4O2S. The second-order valence-corrected chi connectivity index (χ2v) is 8.21. The summed E-state index contributed by atoms with van der Waals surface area (Å²) in [6.45, 7) is 1.92. The minimum absolute atomic E-state index is 0.0205. The standard InChI is InChI=1S/C19H18F2N4O2S/c1-10-9-28-18(22-10)27-15-7-14(8-15)25-19(26)24-16(2-3-17(24)23-25)11-4-12(20)6-13(21)5-11/h4-6,9,14-16H,2-3,7-8H2,1H3/t14?,15?,16-/m0/s1. The Labute approximate surface area is 163 Å². The van der Waals surface area contributed by atoms with Crippen molar-refractivity contribution < 1.29 is 13.5 Å². The molecule has 9 heteroatoms. The lowest BCUT2D eigenvalue weighted by Gasteiger charge is -2.33. The van der Waals surface area contributed by atoms with Crippen molar-refractivity contribution >= 4 is 11.3 Å². The summed E-state index contributed by atoms with van der Waals surface area (Å²) in [5.41, 5.74) is 1.17. The van der Waals surface area contributed by atoms with E-state index in [2.05, 4.69) is 10.1 Å². The van der Waals surface area contributed by atoms with Gasteiger partial charge in [0.1, 0.15) is 23.6 Å². The molecule has 5 rings (SSSR count). The Kier molecular flexibility index (Phi) is 4.08. The second-order valence-electron chi connectivity index (χ2n) is 7.39. The van der Waals surface area contributed by atoms with Crippen LogP contribution in [0.25, 0.3) is 0 Å². The third-order valence-corrected chi connectivity index (χ3v) is 6.26. The number of hydrogen-bond donors (Lipinski definition) is 0. The van der Waals surface area contributed by atoms with Crippen LogP contribution in [0.1, 0.15) is 48.4 Å². The van der Waals surface area contributed by atoms with Crippen LogP contribution in [0.3, 0.4) is 0 Å². The number of fused-ring (bicyclic) bond motifs is 1. The maximum atomic E-state index is 13.6. The third-order valence-electron chi connectivity index (χ3n) is 5.41. The van der Waals surface area contributed by atoms with Crippen LogP contribution in [0, 0.1) is 18.6 Å². The van der Waals surface area contributed by atoms with Gasteiger partial charge in [-0.3, -0.25) is 4.57 Å². The molecule has 0 N–H and O–H groups in total. The maximum Gasteiger partial charge on any atom is 0.346 e. The number of aryl methyl sites for hydroxylation is 2. The van der Waals surface area contributed by atoms with Crippen LogP contribution < -0.4 is 10.4 Å². The van der Waals surface area contributed by atoms with E-state index in [9.17, 15) is 13.6 Å². The Morgan fingerprint density at radius 3 is 2.64 bits per heavy atom. The average Bonchev–Trinajstić information content (AvgIpc) is 3.27. The van der Waals surface area contributed by atoms with Crippen LogP contribution in [0.5, 0.6) is 5.19 Å². The third kappa shape index (κ3) is 2.94. The van der Waals surface area contributed by atoms with Gasteiger partial charge < -0.3 is 4.74 Å². The normalized spacial score (nSPS) is 23.5. The molecule has 3 heterocycles. The zero-order chi connectivity index (χ0) is 19.4. The number of thiazole rings is 1. The number of nitrogens with zero attached hydrogens (tertiary/aromatic N) is 4. The Bertz CT molecular complexity index is 1080. The van der Waals surface area contributed by atoms with Crippen molar-refractivity contribution in [3.63, 3.8) is 0 Å². The molecule has 3 aromatic rings. The number of ether oxygens (including phenoxy) is 1. The molecule has 0 amide bonds. The van der Waals surface area contributed by atoms with E-state index in [1.807, 2.05) is 12.3 Å². The Morgan fingerprint density at radius 2 is 1.96 bits per heavy atom. The topological polar surface area (TPSA) is 61.9 Å². The lowest BCUT2D eigenvalue weighted by Crippen LogP contribution is -2.41. The number of halogens is 2. The fraction of sp³-hybridized carbons (Fsp3) is 0.421. The molecule has 0 radical (unpaired) electrons. The highest BCUT2D eigenvalue weighted by atomic mass is 32.1. The van der Waals surface area contributed by atoms with Gasteiger partial charge in [-0.25, -0.2) is 23.2 Å². The molecule has 0 spiro atoms. The molecule has 146 valence electrons. The highest BCUT2D eigenvalue weighted by Gasteiger charge is 2.38. The minimum Gasteiger partial charge on any atom is -0.467 e. The Hall–Kier alpha value is -2.55. The monoisotopic (exact) mass is 404 g/mol. The summed E-state index contributed by atoms with van der Waals surface area (Å²) in [5.74, 6) is -0.611. The quantitative estimate of drug-likeness (QED) is 0.669. The van der Waals surface area contributed by atoms with E-state index in [0.717, 1.165) is 11.8 Å². The van der Waals surface area contributed by atoms with Gasteiger partial charge in [0.05, 0.1) is 17.8 Å². The number of hydrogen-bond acceptors (Lipinski definition) is 5. The first-order valence-corrected chi connectivity index (χ1v) is 10.1. The van der Waals surface area contributed by atoms with Gasteiger partial charge in [-0.15, -0.1) is 0 Å². The number of aromatic nitrogens is 4. The van der Waals surface area contributed by atoms with E-state index in [1.54, 1.807) is 4.57 Å². The molecule has 0 bridgehead atoms. The molecule has 1 atom stereocenters. The van der Waals surface area contributed by atoms with Crippen molar-refractivity contribution in [3.8, 4) is 5.19 Å². The molecule has 1 aromatic carbocycles. The molecule has 6 nitrogen and oxygen atoms in total. The highest BCUT2D eigenvalue weighted by molar-refractivity contribution is 7.11. The number of benzene rings is 1. The molecule has 0 unspecified atom stereocenters. The average molecular weight is 404 g/mol. The van der Waals surface area contributed by atoms with E-state index in [1.165, 1.54) is 28.2 Å². The van der Waals surface area contributed by atoms with Gasteiger partial charge in [0.15, 0.2) is 0 Å². The van der Waals surface area contributed by atoms with Crippen molar-refractivity contribution in [3.05, 3.63) is 62.8 Å². The Balaban J connectivity index is 1.35. The molecule has 2 aromatic heterocycles. The van der Waals surface area contributed by atoms with Crippen molar-refractivity contribution in [2.75, 3.05) is 0 Å². The van der Waals surface area contributed by atoms with Crippen molar-refractivity contribution in [1.82, 2.24) is 19.3 Å². The van der Waals surface area contributed by atoms with Crippen LogP contribution >= 0.6 is 11.3 Å². The summed E-state index contributed by atoms with van der Waals surface area (Å²) in [5, 5.41) is 7.07. The first-order valence-electron chi connectivity index (χ1n) is 9.22. The SMILES string of the molecule is Cc1csc(OC2CC(n3nc4n(c3=O)[C@H](c3cc(F)cc(F)c3)CC4)C2)n1. The Morgan fingerprint density at radius 1 is 1.21 bits per heavy atom. The van der Waals surface area contributed by atoms with E-state index in [0.29, 0.717) is 42.3 Å². The van der Waals surface area contributed by atoms with Crippen molar-refractivity contribution in [2.24, 2.45) is 0 Å². The smallest absolute Gasteiger partial charge is 0.346 e. The first-order chi connectivity index (χ1) is 13.5. The van der Waals surface area contributed by atoms with Gasteiger partial charge in [-0.05, 0) is 31.0 Å². The summed E-state index contributed by atoms with van der Waals surface area (Å²) in [6.07, 6.45) is 2.62. The van der Waals surface area contributed by atoms with Crippen LogP contribution in [-0.2, 0) is 6.42 Å².